The van der Waals surface area contributed by atoms with E-state index in [1.807, 2.05) is 0 Å². The van der Waals surface area contributed by atoms with Gasteiger partial charge in [-0.2, -0.15) is 0 Å². The van der Waals surface area contributed by atoms with Crippen molar-refractivity contribution in [2.75, 3.05) is 9.80 Å². The van der Waals surface area contributed by atoms with Gasteiger partial charge in [-0.3, -0.25) is 0 Å². The van der Waals surface area contributed by atoms with Crippen LogP contribution in [-0.2, 0) is 6.42 Å². The lowest BCUT2D eigenvalue weighted by Gasteiger charge is -2.46. The highest BCUT2D eigenvalue weighted by Crippen LogP contribution is 2.48. The number of rotatable bonds is 4. The molecule has 0 amide bonds. The van der Waals surface area contributed by atoms with E-state index in [0.717, 1.165) is 12.1 Å². The molecule has 0 radical (unpaired) electrons. The largest absolute Gasteiger partial charge is 0.311 e. The Morgan fingerprint density at radius 1 is 0.455 bits per heavy atom. The summed E-state index contributed by atoms with van der Waals surface area (Å²) in [5, 5.41) is 2.56. The van der Waals surface area contributed by atoms with Gasteiger partial charge in [-0.15, -0.1) is 0 Å². The molecule has 9 aromatic rings. The quantitative estimate of drug-likeness (QED) is 0.169. The molecule has 8 aromatic carbocycles. The number of fused-ring (bicyclic) bond motifs is 5. The van der Waals surface area contributed by atoms with Gasteiger partial charge in [0.25, 0.3) is 6.71 Å². The Morgan fingerprint density at radius 2 is 1.09 bits per heavy atom. The van der Waals surface area contributed by atoms with Gasteiger partial charge in [-0.1, -0.05) is 109 Å². The number of aromatic nitrogens is 1. The minimum Gasteiger partial charge on any atom is -0.311 e. The van der Waals surface area contributed by atoms with E-state index in [1.165, 1.54) is 106 Å². The maximum Gasteiger partial charge on any atom is 0.252 e. The van der Waals surface area contributed by atoms with Crippen molar-refractivity contribution in [3.8, 4) is 16.8 Å². The number of para-hydroxylation sites is 2. The Kier molecular flexibility index (Phi) is 6.34. The molecule has 0 fully saturated rings. The highest BCUT2D eigenvalue weighted by atomic mass is 15.2. The third-order valence-electron chi connectivity index (χ3n) is 12.5. The molecule has 0 atom stereocenters. The van der Waals surface area contributed by atoms with E-state index < -0.39 is 0 Å². The topological polar surface area (TPSA) is 11.4 Å². The third kappa shape index (κ3) is 4.28. The van der Waals surface area contributed by atoms with Gasteiger partial charge in [-0.25, -0.2) is 0 Å². The lowest BCUT2D eigenvalue weighted by Crippen LogP contribution is -2.63. The second kappa shape index (κ2) is 11.4. The van der Waals surface area contributed by atoms with E-state index in [-0.39, 0.29) is 6.71 Å². The van der Waals surface area contributed by atoms with Gasteiger partial charge < -0.3 is 14.4 Å². The molecule has 0 N–H and O–H groups in total. The van der Waals surface area contributed by atoms with Crippen LogP contribution in [0.1, 0.15) is 22.3 Å². The number of anilines is 6. The Bertz CT molecular complexity index is 3020. The minimum absolute atomic E-state index is 0.0871. The van der Waals surface area contributed by atoms with Crippen molar-refractivity contribution >= 4 is 79.0 Å². The standard InChI is InChI=1S/C51H36BN3/c1-32-20-24-38(25-21-32)55-46-19-11-18-45-51(46)52(50-41-28-36(33(41)2)29-49(50)55)43-30-42-40-16-9-10-17-44(40)53(37-14-7-4-8-15-37)47(42)31-48(43)54(45)39-26-22-35(23-27-39)34-12-5-3-6-13-34/h3-27,29-31H,28H2,1-2H3. The van der Waals surface area contributed by atoms with Gasteiger partial charge in [0.05, 0.1) is 11.0 Å². The second-order valence-corrected chi connectivity index (χ2v) is 15.4. The molecule has 1 aromatic heterocycles. The fraction of sp³-hybridized carbons (Fsp3) is 0.0588. The zero-order chi connectivity index (χ0) is 36.4. The van der Waals surface area contributed by atoms with Gasteiger partial charge >= 0.3 is 0 Å². The zero-order valence-corrected chi connectivity index (χ0v) is 30.8. The smallest absolute Gasteiger partial charge is 0.252 e. The average molecular weight is 702 g/mol. The Hall–Kier alpha value is -6.78. The number of hydrogen-bond donors (Lipinski definition) is 0. The fourth-order valence-corrected chi connectivity index (χ4v) is 9.83. The molecule has 2 aliphatic heterocycles. The van der Waals surface area contributed by atoms with Crippen molar-refractivity contribution in [2.24, 2.45) is 0 Å². The van der Waals surface area contributed by atoms with Gasteiger partial charge in [0.2, 0.25) is 0 Å². The lowest BCUT2D eigenvalue weighted by molar-refractivity contribution is 1.03. The first-order chi connectivity index (χ1) is 27.1. The zero-order valence-electron chi connectivity index (χ0n) is 30.8. The molecule has 258 valence electrons. The normalized spacial score (nSPS) is 13.5. The van der Waals surface area contributed by atoms with Gasteiger partial charge in [0.15, 0.2) is 0 Å². The van der Waals surface area contributed by atoms with E-state index in [1.54, 1.807) is 0 Å². The van der Waals surface area contributed by atoms with Gasteiger partial charge in [0.1, 0.15) is 0 Å². The molecule has 0 saturated carbocycles. The van der Waals surface area contributed by atoms with E-state index in [2.05, 4.69) is 198 Å². The third-order valence-corrected chi connectivity index (χ3v) is 12.5. The van der Waals surface area contributed by atoms with Gasteiger partial charge in [0, 0.05) is 50.6 Å². The molecule has 0 saturated heterocycles. The maximum atomic E-state index is 2.54. The fourth-order valence-electron chi connectivity index (χ4n) is 9.83. The predicted octanol–water partition coefficient (Wildman–Crippen LogP) is 11.1. The summed E-state index contributed by atoms with van der Waals surface area (Å²) < 4.78 is 2.45. The number of nitrogens with zero attached hydrogens (tertiary/aromatic N) is 3. The van der Waals surface area contributed by atoms with Crippen LogP contribution in [0.4, 0.5) is 34.1 Å². The van der Waals surface area contributed by atoms with Crippen molar-refractivity contribution in [2.45, 2.75) is 20.3 Å². The van der Waals surface area contributed by atoms with E-state index in [4.69, 9.17) is 0 Å². The van der Waals surface area contributed by atoms with Crippen molar-refractivity contribution < 1.29 is 0 Å². The summed E-state index contributed by atoms with van der Waals surface area (Å²) >= 11 is 0. The Morgan fingerprint density at radius 3 is 1.82 bits per heavy atom. The minimum atomic E-state index is 0.0871. The van der Waals surface area contributed by atoms with Crippen molar-refractivity contribution in [3.05, 3.63) is 192 Å². The van der Waals surface area contributed by atoms with Crippen LogP contribution < -0.4 is 26.2 Å². The number of benzene rings is 8. The summed E-state index contributed by atoms with van der Waals surface area (Å²) in [6.45, 7) is 4.58. The van der Waals surface area contributed by atoms with Crippen LogP contribution in [0.15, 0.2) is 170 Å². The molecule has 4 heteroatoms. The van der Waals surface area contributed by atoms with E-state index in [9.17, 15) is 0 Å². The molecule has 2 aliphatic carbocycles. The first-order valence-corrected chi connectivity index (χ1v) is 19.4. The van der Waals surface area contributed by atoms with Crippen LogP contribution in [0, 0.1) is 13.8 Å². The second-order valence-electron chi connectivity index (χ2n) is 15.4. The maximum absolute atomic E-state index is 2.54. The monoisotopic (exact) mass is 701 g/mol. The summed E-state index contributed by atoms with van der Waals surface area (Å²) in [7, 11) is 0. The van der Waals surface area contributed by atoms with Gasteiger partial charge in [-0.05, 0) is 131 Å². The molecule has 3 nitrogen and oxygen atoms in total. The summed E-state index contributed by atoms with van der Waals surface area (Å²) in [6, 6.07) is 63.1. The number of aryl methyl sites for hydroxylation is 2. The highest BCUT2D eigenvalue weighted by molar-refractivity contribution is 7.00. The predicted molar refractivity (Wildman–Crippen MR) is 233 cm³/mol. The molecule has 13 rings (SSSR count). The Balaban J connectivity index is 1.19. The van der Waals surface area contributed by atoms with Crippen LogP contribution in [0.25, 0.3) is 38.6 Å². The number of hydrogen-bond acceptors (Lipinski definition) is 2. The van der Waals surface area contributed by atoms with Crippen LogP contribution in [0.5, 0.6) is 0 Å². The molecule has 0 unspecified atom stereocenters. The molecule has 0 spiro atoms. The molecule has 4 aliphatic rings. The SMILES string of the molecule is Cc1ccc(N2c3cccc4c3B(c3cc5c6ccccc6n(-c6ccccc6)c5cc3N4c3ccc(-c4ccccc4)cc3)c3c2cc2c(C)c3C2)cc1. The first kappa shape index (κ1) is 30.7. The average Bonchev–Trinajstić information content (AvgIpc) is 3.56. The summed E-state index contributed by atoms with van der Waals surface area (Å²) in [5.41, 5.74) is 23.3. The van der Waals surface area contributed by atoms with Crippen molar-refractivity contribution in [3.63, 3.8) is 0 Å². The molecule has 2 bridgehead atoms. The van der Waals surface area contributed by atoms with Crippen LogP contribution in [0.2, 0.25) is 0 Å². The summed E-state index contributed by atoms with van der Waals surface area (Å²) in [6.07, 6.45) is 1.04. The lowest BCUT2D eigenvalue weighted by atomic mass is 9.32. The van der Waals surface area contributed by atoms with Crippen molar-refractivity contribution in [1.82, 2.24) is 4.57 Å². The van der Waals surface area contributed by atoms with E-state index >= 15 is 0 Å². The first-order valence-electron chi connectivity index (χ1n) is 19.4. The molecular formula is C51H36BN3. The molecular weight excluding hydrogens is 665 g/mol. The molecule has 3 heterocycles. The summed E-state index contributed by atoms with van der Waals surface area (Å²) in [4.78, 5) is 5.08. The Labute approximate surface area is 321 Å². The van der Waals surface area contributed by atoms with Crippen LogP contribution >= 0.6 is 0 Å². The summed E-state index contributed by atoms with van der Waals surface area (Å²) in [5.74, 6) is 0. The van der Waals surface area contributed by atoms with Crippen LogP contribution in [0.3, 0.4) is 0 Å². The molecule has 55 heavy (non-hydrogen) atoms. The van der Waals surface area contributed by atoms with Crippen molar-refractivity contribution in [1.29, 1.82) is 0 Å². The van der Waals surface area contributed by atoms with E-state index in [0.29, 0.717) is 0 Å². The van der Waals surface area contributed by atoms with Crippen LogP contribution in [-0.4, -0.2) is 11.3 Å². The highest BCUT2D eigenvalue weighted by Gasteiger charge is 2.46.